The van der Waals surface area contributed by atoms with Gasteiger partial charge in [-0.1, -0.05) is 181 Å². The van der Waals surface area contributed by atoms with E-state index in [0.717, 1.165) is 36.6 Å². The van der Waals surface area contributed by atoms with Gasteiger partial charge in [0.25, 0.3) is 0 Å². The Kier molecular flexibility index (Phi) is 20.3. The number of hydrogen-bond acceptors (Lipinski definition) is 6. The van der Waals surface area contributed by atoms with Crippen molar-refractivity contribution in [2.75, 3.05) is 35.2 Å². The Morgan fingerprint density at radius 1 is 0.429 bits per heavy atom. The van der Waals surface area contributed by atoms with Gasteiger partial charge in [-0.25, -0.2) is 0 Å². The van der Waals surface area contributed by atoms with Crippen molar-refractivity contribution in [1.29, 1.82) is 5.26 Å². The van der Waals surface area contributed by atoms with Crippen LogP contribution >= 0.6 is 0 Å². The molecule has 6 nitrogen and oxygen atoms in total. The van der Waals surface area contributed by atoms with E-state index in [2.05, 4.69) is 97.8 Å². The van der Waals surface area contributed by atoms with Gasteiger partial charge in [-0.3, -0.25) is 25.0 Å². The SMILES string of the molecule is CN=C(C#N)C(C)(C)C.CN=C(C(C)(C)C)C(F)(F)F.CN=C(c1ccccc1)C(F)(F)F.CN=C(c1ccccc1)c1ccccc1.CN=C1c2ccccc2-c2ccccc21. The van der Waals surface area contributed by atoms with Gasteiger partial charge in [-0.15, -0.1) is 0 Å². The van der Waals surface area contributed by atoms with E-state index in [1.54, 1.807) is 25.2 Å². The molecule has 0 atom stereocenters. The van der Waals surface area contributed by atoms with Crippen molar-refractivity contribution in [2.45, 2.75) is 53.9 Å². The normalized spacial score (nSPS) is 12.4. The Bertz CT molecular complexity index is 2260. The Morgan fingerprint density at radius 2 is 0.794 bits per heavy atom. The maximum absolute atomic E-state index is 12.3. The van der Waals surface area contributed by atoms with Crippen molar-refractivity contribution in [1.82, 2.24) is 0 Å². The van der Waals surface area contributed by atoms with Gasteiger partial charge in [0.05, 0.1) is 11.4 Å². The summed E-state index contributed by atoms with van der Waals surface area (Å²) in [6.07, 6.45) is -8.68. The predicted molar refractivity (Wildman–Crippen MR) is 250 cm³/mol. The second-order valence-corrected chi connectivity index (χ2v) is 15.7. The first-order chi connectivity index (χ1) is 29.6. The average molecular weight is 867 g/mol. The monoisotopic (exact) mass is 866 g/mol. The Balaban J connectivity index is 0.000000275. The number of nitrogens with zero attached hydrogens (tertiary/aromatic N) is 6. The van der Waals surface area contributed by atoms with Crippen LogP contribution in [-0.2, 0) is 0 Å². The molecule has 63 heavy (non-hydrogen) atoms. The summed E-state index contributed by atoms with van der Waals surface area (Å²) in [5.41, 5.74) is 7.69. The zero-order valence-corrected chi connectivity index (χ0v) is 37.7. The molecule has 332 valence electrons. The fourth-order valence-corrected chi connectivity index (χ4v) is 6.31. The number of nitriles is 1. The number of benzene rings is 5. The van der Waals surface area contributed by atoms with E-state index in [1.165, 1.54) is 55.2 Å². The fraction of sp³-hybridized carbons (Fsp3) is 0.294. The summed E-state index contributed by atoms with van der Waals surface area (Å²) in [5.74, 6) is 0. The van der Waals surface area contributed by atoms with E-state index in [4.69, 9.17) is 5.26 Å². The molecule has 0 bridgehead atoms. The fourth-order valence-electron chi connectivity index (χ4n) is 6.31. The highest BCUT2D eigenvalue weighted by Gasteiger charge is 2.42. The van der Waals surface area contributed by atoms with Gasteiger partial charge in [0, 0.05) is 73.9 Å². The maximum Gasteiger partial charge on any atom is 0.433 e. The number of halogens is 6. The smallest absolute Gasteiger partial charge is 0.288 e. The Morgan fingerprint density at radius 3 is 1.02 bits per heavy atom. The summed E-state index contributed by atoms with van der Waals surface area (Å²) in [6, 6.07) is 46.9. The van der Waals surface area contributed by atoms with Crippen LogP contribution in [0, 0.1) is 22.2 Å². The minimum atomic E-state index is -4.38. The van der Waals surface area contributed by atoms with E-state index < -0.39 is 29.2 Å². The molecule has 0 spiro atoms. The topological polar surface area (TPSA) is 85.6 Å². The highest BCUT2D eigenvalue weighted by Crippen LogP contribution is 2.36. The Labute approximate surface area is 368 Å². The van der Waals surface area contributed by atoms with Crippen molar-refractivity contribution in [3.8, 4) is 17.2 Å². The molecule has 0 amide bonds. The minimum Gasteiger partial charge on any atom is -0.288 e. The summed E-state index contributed by atoms with van der Waals surface area (Å²) < 4.78 is 73.1. The molecule has 0 saturated carbocycles. The van der Waals surface area contributed by atoms with Crippen LogP contribution in [0.3, 0.4) is 0 Å². The first kappa shape index (κ1) is 52.7. The summed E-state index contributed by atoms with van der Waals surface area (Å²) in [4.78, 5) is 19.0. The van der Waals surface area contributed by atoms with Gasteiger partial charge in [-0.05, 0) is 11.1 Å². The van der Waals surface area contributed by atoms with Crippen LogP contribution in [-0.4, -0.2) is 76.1 Å². The van der Waals surface area contributed by atoms with Crippen LogP contribution in [0.25, 0.3) is 11.1 Å². The lowest BCUT2D eigenvalue weighted by Crippen LogP contribution is -2.34. The maximum atomic E-state index is 12.3. The summed E-state index contributed by atoms with van der Waals surface area (Å²) >= 11 is 0. The molecule has 1 aliphatic carbocycles. The predicted octanol–water partition coefficient (Wildman–Crippen LogP) is 13.2. The summed E-state index contributed by atoms with van der Waals surface area (Å²) in [7, 11) is 7.62. The molecule has 0 radical (unpaired) electrons. The van der Waals surface area contributed by atoms with E-state index >= 15 is 0 Å². The molecule has 0 unspecified atom stereocenters. The van der Waals surface area contributed by atoms with E-state index in [0.29, 0.717) is 5.71 Å². The van der Waals surface area contributed by atoms with Crippen LogP contribution in [0.2, 0.25) is 0 Å². The van der Waals surface area contributed by atoms with Crippen LogP contribution in [0.4, 0.5) is 26.3 Å². The Hall–Kier alpha value is -6.48. The van der Waals surface area contributed by atoms with Crippen molar-refractivity contribution < 1.29 is 26.3 Å². The van der Waals surface area contributed by atoms with Gasteiger partial charge in [0.15, 0.2) is 0 Å². The number of rotatable bonds is 3. The third-order valence-electron chi connectivity index (χ3n) is 8.98. The summed E-state index contributed by atoms with van der Waals surface area (Å²) in [6.45, 7) is 10.4. The first-order valence-electron chi connectivity index (χ1n) is 19.8. The summed E-state index contributed by atoms with van der Waals surface area (Å²) in [5, 5.41) is 8.48. The van der Waals surface area contributed by atoms with E-state index in [-0.39, 0.29) is 11.0 Å². The third-order valence-corrected chi connectivity index (χ3v) is 8.98. The van der Waals surface area contributed by atoms with E-state index in [9.17, 15) is 26.3 Å². The van der Waals surface area contributed by atoms with Crippen molar-refractivity contribution >= 4 is 28.6 Å². The zero-order valence-electron chi connectivity index (χ0n) is 37.7. The van der Waals surface area contributed by atoms with Gasteiger partial charge in [0.2, 0.25) is 0 Å². The molecular weight excluding hydrogens is 811 g/mol. The van der Waals surface area contributed by atoms with Crippen molar-refractivity contribution in [2.24, 2.45) is 35.8 Å². The molecule has 0 aliphatic heterocycles. The third kappa shape index (κ3) is 16.1. The largest absolute Gasteiger partial charge is 0.433 e. The average Bonchev–Trinajstić information content (AvgIpc) is 3.56. The molecule has 1 aliphatic rings. The molecule has 5 aromatic carbocycles. The van der Waals surface area contributed by atoms with Crippen LogP contribution < -0.4 is 0 Å². The highest BCUT2D eigenvalue weighted by atomic mass is 19.4. The zero-order chi connectivity index (χ0) is 47.4. The molecule has 0 heterocycles. The molecule has 12 heteroatoms. The van der Waals surface area contributed by atoms with Gasteiger partial charge in [-0.2, -0.15) is 31.6 Å². The molecule has 0 N–H and O–H groups in total. The van der Waals surface area contributed by atoms with Crippen LogP contribution in [0.1, 0.15) is 69.4 Å². The van der Waals surface area contributed by atoms with E-state index in [1.807, 2.05) is 77.3 Å². The van der Waals surface area contributed by atoms with Gasteiger partial charge in [0.1, 0.15) is 23.2 Å². The van der Waals surface area contributed by atoms with Crippen LogP contribution in [0.15, 0.2) is 164 Å². The van der Waals surface area contributed by atoms with Crippen molar-refractivity contribution in [3.05, 3.63) is 167 Å². The number of fused-ring (bicyclic) bond motifs is 3. The molecule has 0 aromatic heterocycles. The second kappa shape index (κ2) is 24.2. The van der Waals surface area contributed by atoms with Gasteiger partial charge < -0.3 is 0 Å². The highest BCUT2D eigenvalue weighted by molar-refractivity contribution is 6.24. The quantitative estimate of drug-likeness (QED) is 0.129. The minimum absolute atomic E-state index is 0.0938. The number of aliphatic imine (C=N–C) groups is 5. The number of alkyl halides is 6. The molecule has 5 aromatic rings. The molecular formula is C51H56F6N6. The van der Waals surface area contributed by atoms with Gasteiger partial charge >= 0.3 is 12.4 Å². The second-order valence-electron chi connectivity index (χ2n) is 15.7. The number of hydrogen-bond donors (Lipinski definition) is 0. The molecule has 0 saturated heterocycles. The van der Waals surface area contributed by atoms with Crippen LogP contribution in [0.5, 0.6) is 0 Å². The van der Waals surface area contributed by atoms with Crippen molar-refractivity contribution in [3.63, 3.8) is 0 Å². The lowest BCUT2D eigenvalue weighted by Gasteiger charge is -2.22. The molecule has 0 fully saturated rings. The first-order valence-corrected chi connectivity index (χ1v) is 19.8. The molecule has 6 rings (SSSR count). The standard InChI is InChI=1S/C14H11N.C14H13N.C9H8F3N.C7H12F3N.C7H12N2/c1-15-14-12-8-4-2-6-10(12)11-7-3-5-9-13(11)14;1-15-14(12-8-4-2-5-9-12)13-10-6-3-7-11-13;1-13-8(9(10,11)12)7-5-3-2-4-6-7;1-6(2,3)5(11-4)7(8,9)10;1-7(2,3)6(5-8)9-4/h2-9H,1H3;2-11H,1H3;2-6H,1H3;1-4H3;1-4H3. The lowest BCUT2D eigenvalue weighted by molar-refractivity contribution is -0.0653. The lowest BCUT2D eigenvalue weighted by atomic mass is 9.89.